The van der Waals surface area contributed by atoms with Gasteiger partial charge in [0.1, 0.15) is 11.6 Å². The Kier molecular flexibility index (Phi) is 10.8. The highest BCUT2D eigenvalue weighted by Gasteiger charge is 2.05. The number of nitrogens with zero attached hydrogens (tertiary/aromatic N) is 2. The molecule has 7 heteroatoms. The predicted molar refractivity (Wildman–Crippen MR) is 124 cm³/mol. The highest BCUT2D eigenvalue weighted by atomic mass is 127. The van der Waals surface area contributed by atoms with Crippen LogP contribution < -0.4 is 15.4 Å². The SMILES string of the molecule is CN=C(NCCN(C)Cc1ccc(F)cc1)NCc1ccc(C)cc1OC.I. The largest absolute Gasteiger partial charge is 0.496 e. The minimum absolute atomic E-state index is 0. The van der Waals surface area contributed by atoms with E-state index >= 15 is 0 Å². The second-order valence-electron chi connectivity index (χ2n) is 6.53. The number of hydrogen-bond acceptors (Lipinski definition) is 3. The van der Waals surface area contributed by atoms with Crippen molar-refractivity contribution in [3.8, 4) is 5.75 Å². The Bertz CT molecular complexity index is 753. The van der Waals surface area contributed by atoms with Crippen molar-refractivity contribution in [3.05, 3.63) is 65.0 Å². The molecule has 2 aromatic carbocycles. The molecule has 2 N–H and O–H groups in total. The quantitative estimate of drug-likeness (QED) is 0.331. The molecule has 0 aliphatic heterocycles. The summed E-state index contributed by atoms with van der Waals surface area (Å²) in [6.45, 7) is 5.04. The fourth-order valence-corrected chi connectivity index (χ4v) is 2.74. The molecule has 0 amide bonds. The monoisotopic (exact) mass is 500 g/mol. The number of aliphatic imine (C=N–C) groups is 1. The Hall–Kier alpha value is -1.87. The zero-order valence-corrected chi connectivity index (χ0v) is 19.3. The normalized spacial score (nSPS) is 11.1. The lowest BCUT2D eigenvalue weighted by molar-refractivity contribution is 0.331. The number of guanidine groups is 1. The van der Waals surface area contributed by atoms with Gasteiger partial charge in [0, 0.05) is 38.8 Å². The smallest absolute Gasteiger partial charge is 0.191 e. The molecule has 2 rings (SSSR count). The average Bonchev–Trinajstić information content (AvgIpc) is 2.67. The van der Waals surface area contributed by atoms with Crippen molar-refractivity contribution in [3.63, 3.8) is 0 Å². The van der Waals surface area contributed by atoms with Crippen LogP contribution in [-0.4, -0.2) is 45.2 Å². The van der Waals surface area contributed by atoms with Crippen molar-refractivity contribution in [2.75, 3.05) is 34.3 Å². The molecule has 0 atom stereocenters. The number of hydrogen-bond donors (Lipinski definition) is 2. The van der Waals surface area contributed by atoms with Gasteiger partial charge in [-0.15, -0.1) is 24.0 Å². The number of likely N-dealkylation sites (N-methyl/N-ethyl adjacent to an activating group) is 1. The lowest BCUT2D eigenvalue weighted by atomic mass is 10.1. The number of nitrogens with one attached hydrogen (secondary N) is 2. The van der Waals surface area contributed by atoms with Gasteiger partial charge in [-0.3, -0.25) is 4.99 Å². The van der Waals surface area contributed by atoms with Gasteiger partial charge in [-0.1, -0.05) is 24.3 Å². The topological polar surface area (TPSA) is 48.9 Å². The van der Waals surface area contributed by atoms with Crippen LogP contribution in [0.4, 0.5) is 4.39 Å². The molecule has 0 unspecified atom stereocenters. The summed E-state index contributed by atoms with van der Waals surface area (Å²) in [6.07, 6.45) is 0. The molecule has 0 aromatic heterocycles. The number of rotatable bonds is 8. The van der Waals surface area contributed by atoms with Gasteiger partial charge < -0.3 is 20.3 Å². The average molecular weight is 500 g/mol. The summed E-state index contributed by atoms with van der Waals surface area (Å²) in [7, 11) is 5.48. The van der Waals surface area contributed by atoms with Crippen LogP contribution in [0.25, 0.3) is 0 Å². The minimum atomic E-state index is -0.205. The zero-order chi connectivity index (χ0) is 19.6. The molecule has 5 nitrogen and oxygen atoms in total. The summed E-state index contributed by atoms with van der Waals surface area (Å²) < 4.78 is 18.4. The summed E-state index contributed by atoms with van der Waals surface area (Å²) >= 11 is 0. The first-order chi connectivity index (χ1) is 13.0. The molecule has 0 aliphatic carbocycles. The molecule has 0 heterocycles. The predicted octanol–water partition coefficient (Wildman–Crippen LogP) is 3.56. The van der Waals surface area contributed by atoms with Crippen molar-refractivity contribution in [1.82, 2.24) is 15.5 Å². The molecule has 0 saturated heterocycles. The number of aryl methyl sites for hydroxylation is 1. The van der Waals surface area contributed by atoms with Crippen molar-refractivity contribution in [1.29, 1.82) is 0 Å². The van der Waals surface area contributed by atoms with E-state index in [4.69, 9.17) is 4.74 Å². The van der Waals surface area contributed by atoms with Crippen molar-refractivity contribution < 1.29 is 9.13 Å². The van der Waals surface area contributed by atoms with Crippen molar-refractivity contribution in [2.24, 2.45) is 4.99 Å². The maximum atomic E-state index is 13.0. The van der Waals surface area contributed by atoms with Gasteiger partial charge in [0.2, 0.25) is 0 Å². The zero-order valence-electron chi connectivity index (χ0n) is 17.0. The number of benzene rings is 2. The van der Waals surface area contributed by atoms with Gasteiger partial charge >= 0.3 is 0 Å². The van der Waals surface area contributed by atoms with E-state index in [1.165, 1.54) is 17.7 Å². The number of halogens is 2. The van der Waals surface area contributed by atoms with Crippen LogP contribution in [0.2, 0.25) is 0 Å². The number of ether oxygens (including phenoxy) is 1. The first-order valence-corrected chi connectivity index (χ1v) is 9.03. The minimum Gasteiger partial charge on any atom is -0.496 e. The third-order valence-corrected chi connectivity index (χ3v) is 4.26. The summed E-state index contributed by atoms with van der Waals surface area (Å²) in [5, 5.41) is 6.62. The van der Waals surface area contributed by atoms with Gasteiger partial charge in [-0.25, -0.2) is 4.39 Å². The second-order valence-corrected chi connectivity index (χ2v) is 6.53. The van der Waals surface area contributed by atoms with Gasteiger partial charge in [0.25, 0.3) is 0 Å². The third-order valence-electron chi connectivity index (χ3n) is 4.26. The summed E-state index contributed by atoms with van der Waals surface area (Å²) in [4.78, 5) is 6.44. The first kappa shape index (κ1) is 24.2. The molecule has 0 bridgehead atoms. The summed E-state index contributed by atoms with van der Waals surface area (Å²) in [6, 6.07) is 12.8. The Morgan fingerprint density at radius 1 is 1.14 bits per heavy atom. The maximum absolute atomic E-state index is 13.0. The van der Waals surface area contributed by atoms with Crippen LogP contribution in [0.3, 0.4) is 0 Å². The molecule has 0 aliphatic rings. The van der Waals surface area contributed by atoms with Crippen LogP contribution in [0.5, 0.6) is 5.75 Å². The molecule has 154 valence electrons. The van der Waals surface area contributed by atoms with Crippen LogP contribution in [0.15, 0.2) is 47.5 Å². The second kappa shape index (κ2) is 12.6. The molecule has 28 heavy (non-hydrogen) atoms. The lowest BCUT2D eigenvalue weighted by Gasteiger charge is -2.19. The van der Waals surface area contributed by atoms with E-state index in [-0.39, 0.29) is 29.8 Å². The summed E-state index contributed by atoms with van der Waals surface area (Å²) in [5.74, 6) is 1.41. The van der Waals surface area contributed by atoms with Crippen LogP contribution in [0.1, 0.15) is 16.7 Å². The lowest BCUT2D eigenvalue weighted by Crippen LogP contribution is -2.40. The van der Waals surface area contributed by atoms with E-state index in [0.717, 1.165) is 42.5 Å². The highest BCUT2D eigenvalue weighted by molar-refractivity contribution is 14.0. The Morgan fingerprint density at radius 3 is 2.50 bits per heavy atom. The fourth-order valence-electron chi connectivity index (χ4n) is 2.74. The van der Waals surface area contributed by atoms with E-state index < -0.39 is 0 Å². The molecule has 0 spiro atoms. The molecule has 0 radical (unpaired) electrons. The maximum Gasteiger partial charge on any atom is 0.191 e. The molecule has 0 saturated carbocycles. The molecule has 0 fully saturated rings. The Balaban J connectivity index is 0.00000392. The number of methoxy groups -OCH3 is 1. The third kappa shape index (κ3) is 8.02. The van der Waals surface area contributed by atoms with E-state index in [1.807, 2.05) is 32.2 Å². The fraction of sp³-hybridized carbons (Fsp3) is 0.381. The van der Waals surface area contributed by atoms with Crippen molar-refractivity contribution >= 4 is 29.9 Å². The standard InChI is InChI=1S/C21H29FN4O.HI/c1-16-5-8-18(20(13-16)27-4)14-25-21(23-2)24-11-12-26(3)15-17-6-9-19(22)10-7-17;/h5-10,13H,11-12,14-15H2,1-4H3,(H2,23,24,25);1H. The van der Waals surface area contributed by atoms with E-state index in [1.54, 1.807) is 14.2 Å². The first-order valence-electron chi connectivity index (χ1n) is 9.03. The molecular formula is C21H30FIN4O. The molecule has 2 aromatic rings. The van der Waals surface area contributed by atoms with E-state index in [0.29, 0.717) is 6.54 Å². The van der Waals surface area contributed by atoms with E-state index in [9.17, 15) is 4.39 Å². The van der Waals surface area contributed by atoms with Gasteiger partial charge in [0.05, 0.1) is 7.11 Å². The van der Waals surface area contributed by atoms with Gasteiger partial charge in [0.15, 0.2) is 5.96 Å². The van der Waals surface area contributed by atoms with Gasteiger partial charge in [-0.2, -0.15) is 0 Å². The van der Waals surface area contributed by atoms with Gasteiger partial charge in [-0.05, 0) is 43.3 Å². The Morgan fingerprint density at radius 2 is 1.86 bits per heavy atom. The van der Waals surface area contributed by atoms with E-state index in [2.05, 4.69) is 32.7 Å². The Labute approximate surface area is 184 Å². The van der Waals surface area contributed by atoms with Crippen LogP contribution in [0, 0.1) is 12.7 Å². The highest BCUT2D eigenvalue weighted by Crippen LogP contribution is 2.19. The molecular weight excluding hydrogens is 470 g/mol. The summed E-state index contributed by atoms with van der Waals surface area (Å²) in [5.41, 5.74) is 3.34. The van der Waals surface area contributed by atoms with Crippen molar-refractivity contribution in [2.45, 2.75) is 20.0 Å². The van der Waals surface area contributed by atoms with Crippen LogP contribution in [-0.2, 0) is 13.1 Å². The van der Waals surface area contributed by atoms with Crippen LogP contribution >= 0.6 is 24.0 Å².